The molecule has 0 heterocycles. The van der Waals surface area contributed by atoms with Crippen LogP contribution in [0.25, 0.3) is 0 Å². The third-order valence-electron chi connectivity index (χ3n) is 2.53. The number of hydrogen-bond acceptors (Lipinski definition) is 2. The van der Waals surface area contributed by atoms with Gasteiger partial charge in [-0.2, -0.15) is 0 Å². The van der Waals surface area contributed by atoms with Crippen molar-refractivity contribution in [2.24, 2.45) is 5.41 Å². The molecule has 1 aliphatic carbocycles. The Labute approximate surface area is 86.8 Å². The zero-order valence-corrected chi connectivity index (χ0v) is 7.99. The summed E-state index contributed by atoms with van der Waals surface area (Å²) in [5.41, 5.74) is -1.49. The van der Waals surface area contributed by atoms with E-state index in [1.807, 2.05) is 0 Å². The maximum absolute atomic E-state index is 10.7. The Kier molecular flexibility index (Phi) is 4.44. The summed E-state index contributed by atoms with van der Waals surface area (Å²) in [6.45, 7) is 0. The van der Waals surface area contributed by atoms with Crippen molar-refractivity contribution in [2.75, 3.05) is 0 Å². The van der Waals surface area contributed by atoms with Crippen molar-refractivity contribution in [1.82, 2.24) is 0 Å². The van der Waals surface area contributed by atoms with E-state index in [0.717, 1.165) is 6.42 Å². The number of carboxylic acid groups (broad SMARTS) is 2. The molecule has 0 aliphatic heterocycles. The van der Waals surface area contributed by atoms with Crippen molar-refractivity contribution in [1.29, 1.82) is 0 Å². The van der Waals surface area contributed by atoms with E-state index >= 15 is 0 Å². The van der Waals surface area contributed by atoms with Gasteiger partial charge in [-0.15, -0.1) is 0 Å². The van der Waals surface area contributed by atoms with Crippen molar-refractivity contribution >= 4 is 11.9 Å². The van der Waals surface area contributed by atoms with Gasteiger partial charge >= 0.3 is 11.9 Å². The predicted molar refractivity (Wildman–Crippen MR) is 40.8 cm³/mol. The molecule has 0 aromatic carbocycles. The Morgan fingerprint density at radius 2 is 1.31 bits per heavy atom. The van der Waals surface area contributed by atoms with Crippen molar-refractivity contribution in [2.45, 2.75) is 32.1 Å². The first-order valence-electron chi connectivity index (χ1n) is 4.06. The Balaban J connectivity index is 0.00000144. The van der Waals surface area contributed by atoms with E-state index in [2.05, 4.69) is 0 Å². The number of carbonyl (C=O) groups is 2. The van der Waals surface area contributed by atoms with E-state index in [-0.39, 0.29) is 29.9 Å². The van der Waals surface area contributed by atoms with Crippen LogP contribution in [0.1, 0.15) is 32.1 Å². The minimum absolute atomic E-state index is 0. The van der Waals surface area contributed by atoms with Crippen LogP contribution in [0.3, 0.4) is 0 Å². The second-order valence-corrected chi connectivity index (χ2v) is 3.25. The van der Waals surface area contributed by atoms with Crippen LogP contribution in [-0.2, 0) is 26.7 Å². The summed E-state index contributed by atoms with van der Waals surface area (Å²) in [4.78, 5) is 21.5. The van der Waals surface area contributed by atoms with E-state index < -0.39 is 17.4 Å². The smallest absolute Gasteiger partial charge is 0.321 e. The summed E-state index contributed by atoms with van der Waals surface area (Å²) in [6.07, 6.45) is 2.91. The van der Waals surface area contributed by atoms with E-state index in [0.29, 0.717) is 12.8 Å². The minimum Gasteiger partial charge on any atom is -0.480 e. The predicted octanol–water partition coefficient (Wildman–Crippen LogP) is 1.10. The molecule has 1 rings (SSSR count). The zero-order valence-electron chi connectivity index (χ0n) is 7.05. The summed E-state index contributed by atoms with van der Waals surface area (Å²) >= 11 is 0. The van der Waals surface area contributed by atoms with Crippen LogP contribution < -0.4 is 0 Å². The summed E-state index contributed by atoms with van der Waals surface area (Å²) in [7, 11) is 0. The average molecular weight is 236 g/mol. The second kappa shape index (κ2) is 4.63. The summed E-state index contributed by atoms with van der Waals surface area (Å²) in [6, 6.07) is 0. The fourth-order valence-corrected chi connectivity index (χ4v) is 1.67. The fraction of sp³-hybridized carbons (Fsp3) is 0.750. The molecule has 0 spiro atoms. The molecule has 0 unspecified atom stereocenters. The van der Waals surface area contributed by atoms with E-state index in [4.69, 9.17) is 10.2 Å². The van der Waals surface area contributed by atoms with Crippen LogP contribution in [0.5, 0.6) is 0 Å². The van der Waals surface area contributed by atoms with E-state index in [1.165, 1.54) is 0 Å². The van der Waals surface area contributed by atoms with Crippen molar-refractivity contribution in [3.63, 3.8) is 0 Å². The standard InChI is InChI=1S/C8H12O4.Cu/c9-6(10)8(7(11)12)4-2-1-3-5-8;/h1-5H2,(H,9,10)(H,11,12);. The van der Waals surface area contributed by atoms with Gasteiger partial charge in [-0.25, -0.2) is 0 Å². The molecule has 1 aliphatic rings. The maximum atomic E-state index is 10.7. The topological polar surface area (TPSA) is 74.6 Å². The minimum atomic E-state index is -1.49. The van der Waals surface area contributed by atoms with Gasteiger partial charge in [-0.05, 0) is 12.8 Å². The first-order valence-corrected chi connectivity index (χ1v) is 4.06. The molecule has 1 fully saturated rings. The van der Waals surface area contributed by atoms with Crippen LogP contribution >= 0.6 is 0 Å². The Morgan fingerprint density at radius 1 is 0.923 bits per heavy atom. The molecular weight excluding hydrogens is 224 g/mol. The molecule has 4 nitrogen and oxygen atoms in total. The zero-order chi connectivity index (χ0) is 9.19. The maximum Gasteiger partial charge on any atom is 0.321 e. The Hall–Kier alpha value is -0.541. The van der Waals surface area contributed by atoms with Gasteiger partial charge in [0.15, 0.2) is 5.41 Å². The van der Waals surface area contributed by atoms with Gasteiger partial charge in [0.1, 0.15) is 0 Å². The summed E-state index contributed by atoms with van der Waals surface area (Å²) in [5.74, 6) is -2.37. The van der Waals surface area contributed by atoms with Gasteiger partial charge in [-0.1, -0.05) is 19.3 Å². The molecule has 13 heavy (non-hydrogen) atoms. The third kappa shape index (κ3) is 2.23. The number of rotatable bonds is 2. The van der Waals surface area contributed by atoms with Gasteiger partial charge in [-0.3, -0.25) is 9.59 Å². The monoisotopic (exact) mass is 235 g/mol. The van der Waals surface area contributed by atoms with E-state index in [9.17, 15) is 9.59 Å². The summed E-state index contributed by atoms with van der Waals surface area (Å²) in [5, 5.41) is 17.6. The summed E-state index contributed by atoms with van der Waals surface area (Å²) < 4.78 is 0. The van der Waals surface area contributed by atoms with Gasteiger partial charge in [0.05, 0.1) is 0 Å². The second-order valence-electron chi connectivity index (χ2n) is 3.25. The van der Waals surface area contributed by atoms with Gasteiger partial charge in [0, 0.05) is 17.1 Å². The molecule has 79 valence electrons. The molecule has 2 N–H and O–H groups in total. The molecule has 0 aromatic rings. The SMILES string of the molecule is O=C(O)C1(C(=O)O)CCCCC1.[Cu]. The molecule has 0 aromatic heterocycles. The number of aliphatic carboxylic acids is 2. The first-order chi connectivity index (χ1) is 5.59. The van der Waals surface area contributed by atoms with Crippen LogP contribution in [-0.4, -0.2) is 22.2 Å². The van der Waals surface area contributed by atoms with Crippen molar-refractivity contribution < 1.29 is 36.9 Å². The molecule has 0 saturated heterocycles. The van der Waals surface area contributed by atoms with Crippen LogP contribution in [0.15, 0.2) is 0 Å². The van der Waals surface area contributed by atoms with Gasteiger partial charge < -0.3 is 10.2 Å². The fourth-order valence-electron chi connectivity index (χ4n) is 1.67. The van der Waals surface area contributed by atoms with Crippen molar-refractivity contribution in [3.8, 4) is 0 Å². The molecule has 0 bridgehead atoms. The molecule has 5 heteroatoms. The Morgan fingerprint density at radius 3 is 1.54 bits per heavy atom. The van der Waals surface area contributed by atoms with Crippen LogP contribution in [0.4, 0.5) is 0 Å². The normalized spacial score (nSPS) is 20.0. The van der Waals surface area contributed by atoms with Gasteiger partial charge in [0.2, 0.25) is 0 Å². The van der Waals surface area contributed by atoms with Crippen LogP contribution in [0, 0.1) is 5.41 Å². The third-order valence-corrected chi connectivity index (χ3v) is 2.53. The first kappa shape index (κ1) is 12.5. The average Bonchev–Trinajstić information content (AvgIpc) is 2.05. The molecule has 1 saturated carbocycles. The van der Waals surface area contributed by atoms with Crippen molar-refractivity contribution in [3.05, 3.63) is 0 Å². The number of carboxylic acids is 2. The molecule has 0 atom stereocenters. The van der Waals surface area contributed by atoms with Gasteiger partial charge in [0.25, 0.3) is 0 Å². The molecule has 0 amide bonds. The number of hydrogen-bond donors (Lipinski definition) is 2. The van der Waals surface area contributed by atoms with Crippen LogP contribution in [0.2, 0.25) is 0 Å². The largest absolute Gasteiger partial charge is 0.480 e. The Bertz CT molecular complexity index is 192. The molecular formula is C8H12CuO4. The quantitative estimate of drug-likeness (QED) is 0.555. The van der Waals surface area contributed by atoms with E-state index in [1.54, 1.807) is 0 Å². The molecule has 1 radical (unpaired) electrons.